The third kappa shape index (κ3) is 5.35. The monoisotopic (exact) mass is 300 g/mol. The summed E-state index contributed by atoms with van der Waals surface area (Å²) in [6.45, 7) is 3.15. The molecule has 0 radical (unpaired) electrons. The molecule has 2 rings (SSSR count). The normalized spacial score (nSPS) is 10.0. The van der Waals surface area contributed by atoms with E-state index in [1.807, 2.05) is 37.3 Å². The van der Waals surface area contributed by atoms with Gasteiger partial charge in [-0.2, -0.15) is 0 Å². The minimum atomic E-state index is 0.0743. The van der Waals surface area contributed by atoms with Crippen LogP contribution in [-0.2, 0) is 4.79 Å². The Hall–Kier alpha value is -2.70. The molecule has 3 N–H and O–H groups in total. The highest BCUT2D eigenvalue weighted by atomic mass is 16.1. The number of carbonyl (C=O) groups is 1. The number of hydrogen-bond acceptors (Lipinski definition) is 6. The zero-order valence-corrected chi connectivity index (χ0v) is 12.5. The van der Waals surface area contributed by atoms with Gasteiger partial charge in [0.1, 0.15) is 11.6 Å². The summed E-state index contributed by atoms with van der Waals surface area (Å²) in [5, 5.41) is 17.1. The van der Waals surface area contributed by atoms with E-state index < -0.39 is 0 Å². The van der Waals surface area contributed by atoms with Crippen LogP contribution in [0.25, 0.3) is 0 Å². The van der Waals surface area contributed by atoms with Crippen molar-refractivity contribution in [3.63, 3.8) is 0 Å². The summed E-state index contributed by atoms with van der Waals surface area (Å²) in [5.41, 5.74) is 0. The Morgan fingerprint density at radius 1 is 1.05 bits per heavy atom. The number of nitrogens with one attached hydrogen (secondary N) is 3. The summed E-state index contributed by atoms with van der Waals surface area (Å²) in [7, 11) is 0. The molecule has 22 heavy (non-hydrogen) atoms. The number of hydrogen-bond donors (Lipinski definition) is 3. The Morgan fingerprint density at radius 3 is 2.55 bits per heavy atom. The van der Waals surface area contributed by atoms with Crippen LogP contribution < -0.4 is 16.0 Å². The van der Waals surface area contributed by atoms with E-state index in [0.717, 1.165) is 12.2 Å². The molecule has 0 bridgehead atoms. The molecular weight excluding hydrogens is 280 g/mol. The molecule has 0 unspecified atom stereocenters. The van der Waals surface area contributed by atoms with Gasteiger partial charge in [-0.15, -0.1) is 10.2 Å². The maximum Gasteiger partial charge on any atom is 0.220 e. The lowest BCUT2D eigenvalue weighted by molar-refractivity contribution is -0.121. The molecule has 2 heterocycles. The van der Waals surface area contributed by atoms with Gasteiger partial charge in [0.05, 0.1) is 0 Å². The smallest absolute Gasteiger partial charge is 0.220 e. The van der Waals surface area contributed by atoms with Crippen molar-refractivity contribution >= 4 is 23.4 Å². The largest absolute Gasteiger partial charge is 0.367 e. The molecule has 0 aliphatic carbocycles. The van der Waals surface area contributed by atoms with E-state index in [9.17, 15) is 4.79 Å². The lowest BCUT2D eigenvalue weighted by Crippen LogP contribution is -2.28. The van der Waals surface area contributed by atoms with Crippen molar-refractivity contribution in [2.75, 3.05) is 23.7 Å². The molecular formula is C15H20N6O. The molecule has 0 aliphatic rings. The lowest BCUT2D eigenvalue weighted by atomic mass is 10.3. The number of aromatic nitrogens is 3. The highest BCUT2D eigenvalue weighted by Gasteiger charge is 2.00. The van der Waals surface area contributed by atoms with Crippen molar-refractivity contribution < 1.29 is 4.79 Å². The minimum Gasteiger partial charge on any atom is -0.367 e. The topological polar surface area (TPSA) is 91.8 Å². The van der Waals surface area contributed by atoms with E-state index in [4.69, 9.17) is 0 Å². The summed E-state index contributed by atoms with van der Waals surface area (Å²) >= 11 is 0. The van der Waals surface area contributed by atoms with Crippen LogP contribution in [0.15, 0.2) is 36.5 Å². The first kappa shape index (κ1) is 15.7. The summed E-state index contributed by atoms with van der Waals surface area (Å²) < 4.78 is 0. The highest BCUT2D eigenvalue weighted by molar-refractivity contribution is 5.75. The number of carbonyl (C=O) groups excluding carboxylic acids is 1. The van der Waals surface area contributed by atoms with Gasteiger partial charge in [-0.1, -0.05) is 13.0 Å². The third-order valence-corrected chi connectivity index (χ3v) is 2.82. The predicted octanol–water partition coefficient (Wildman–Crippen LogP) is 1.94. The quantitative estimate of drug-likeness (QED) is 0.645. The predicted molar refractivity (Wildman–Crippen MR) is 86.0 cm³/mol. The summed E-state index contributed by atoms with van der Waals surface area (Å²) in [5.74, 6) is 2.08. The van der Waals surface area contributed by atoms with Crippen LogP contribution in [0.3, 0.4) is 0 Å². The fourth-order valence-electron chi connectivity index (χ4n) is 1.77. The molecule has 0 saturated heterocycles. The van der Waals surface area contributed by atoms with Gasteiger partial charge in [0.2, 0.25) is 5.91 Å². The van der Waals surface area contributed by atoms with E-state index in [0.29, 0.717) is 31.1 Å². The van der Waals surface area contributed by atoms with Gasteiger partial charge in [0.25, 0.3) is 0 Å². The van der Waals surface area contributed by atoms with Gasteiger partial charge in [-0.05, 0) is 30.7 Å². The molecule has 7 heteroatoms. The van der Waals surface area contributed by atoms with Crippen molar-refractivity contribution in [1.29, 1.82) is 0 Å². The maximum absolute atomic E-state index is 11.3. The van der Waals surface area contributed by atoms with E-state index in [1.54, 1.807) is 6.20 Å². The zero-order valence-electron chi connectivity index (χ0n) is 12.5. The van der Waals surface area contributed by atoms with Gasteiger partial charge < -0.3 is 16.0 Å². The van der Waals surface area contributed by atoms with Crippen LogP contribution in [0, 0.1) is 0 Å². The van der Waals surface area contributed by atoms with Gasteiger partial charge in [-0.3, -0.25) is 4.79 Å². The van der Waals surface area contributed by atoms with E-state index >= 15 is 0 Å². The molecule has 2 aromatic rings. The van der Waals surface area contributed by atoms with Crippen molar-refractivity contribution in [1.82, 2.24) is 20.5 Å². The van der Waals surface area contributed by atoms with Crippen LogP contribution in [0.2, 0.25) is 0 Å². The minimum absolute atomic E-state index is 0.0743. The summed E-state index contributed by atoms with van der Waals surface area (Å²) in [6, 6.07) is 9.24. The van der Waals surface area contributed by atoms with E-state index in [2.05, 4.69) is 31.1 Å². The Balaban J connectivity index is 1.74. The van der Waals surface area contributed by atoms with Crippen LogP contribution in [0.5, 0.6) is 0 Å². The van der Waals surface area contributed by atoms with Crippen LogP contribution in [0.4, 0.5) is 17.5 Å². The first-order chi connectivity index (χ1) is 10.8. The van der Waals surface area contributed by atoms with E-state index in [-0.39, 0.29) is 5.91 Å². The van der Waals surface area contributed by atoms with Gasteiger partial charge in [-0.25, -0.2) is 4.98 Å². The zero-order chi connectivity index (χ0) is 15.6. The van der Waals surface area contributed by atoms with Crippen molar-refractivity contribution in [3.8, 4) is 0 Å². The van der Waals surface area contributed by atoms with Crippen LogP contribution in [-0.4, -0.2) is 34.2 Å². The molecule has 7 nitrogen and oxygen atoms in total. The fourth-order valence-corrected chi connectivity index (χ4v) is 1.77. The number of nitrogens with zero attached hydrogens (tertiary/aromatic N) is 3. The second kappa shape index (κ2) is 8.56. The molecule has 1 amide bonds. The first-order valence-corrected chi connectivity index (χ1v) is 7.30. The van der Waals surface area contributed by atoms with Gasteiger partial charge in [0.15, 0.2) is 5.82 Å². The molecule has 0 fully saturated rings. The maximum atomic E-state index is 11.3. The molecule has 116 valence electrons. The van der Waals surface area contributed by atoms with Crippen LogP contribution in [0.1, 0.15) is 19.8 Å². The van der Waals surface area contributed by atoms with Crippen molar-refractivity contribution in [2.45, 2.75) is 19.8 Å². The van der Waals surface area contributed by atoms with Gasteiger partial charge >= 0.3 is 0 Å². The Morgan fingerprint density at radius 2 is 1.86 bits per heavy atom. The SMILES string of the molecule is CCCC(=O)NCCNc1ccc(Nc2ccccn2)nn1. The van der Waals surface area contributed by atoms with Crippen LogP contribution >= 0.6 is 0 Å². The third-order valence-electron chi connectivity index (χ3n) is 2.82. The Labute approximate surface area is 129 Å². The average molecular weight is 300 g/mol. The van der Waals surface area contributed by atoms with E-state index in [1.165, 1.54) is 0 Å². The number of pyridine rings is 1. The number of anilines is 3. The Bertz CT molecular complexity index is 572. The fraction of sp³-hybridized carbons (Fsp3) is 0.333. The molecule has 0 spiro atoms. The summed E-state index contributed by atoms with van der Waals surface area (Å²) in [6.07, 6.45) is 3.13. The molecule has 0 atom stereocenters. The Kier molecular flexibility index (Phi) is 6.10. The highest BCUT2D eigenvalue weighted by Crippen LogP contribution is 2.11. The molecule has 2 aromatic heterocycles. The van der Waals surface area contributed by atoms with Crippen molar-refractivity contribution in [3.05, 3.63) is 36.5 Å². The standard InChI is InChI=1S/C15H20N6O/c1-2-5-15(22)18-11-10-17-13-7-8-14(21-20-13)19-12-6-3-4-9-16-12/h3-4,6-9H,2,5,10-11H2,1H3,(H,17,20)(H,18,22)(H,16,19,21). The lowest BCUT2D eigenvalue weighted by Gasteiger charge is -2.07. The molecule has 0 saturated carbocycles. The molecule has 0 aliphatic heterocycles. The van der Waals surface area contributed by atoms with Gasteiger partial charge in [0, 0.05) is 25.7 Å². The number of amides is 1. The first-order valence-electron chi connectivity index (χ1n) is 7.30. The second-order valence-electron chi connectivity index (χ2n) is 4.67. The number of rotatable bonds is 8. The van der Waals surface area contributed by atoms with Crippen molar-refractivity contribution in [2.24, 2.45) is 0 Å². The average Bonchev–Trinajstić information content (AvgIpc) is 2.54. The second-order valence-corrected chi connectivity index (χ2v) is 4.67. The molecule has 0 aromatic carbocycles. The summed E-state index contributed by atoms with van der Waals surface area (Å²) in [4.78, 5) is 15.4.